The molecule has 0 bridgehead atoms. The lowest BCUT2D eigenvalue weighted by Crippen LogP contribution is -2.21. The van der Waals surface area contributed by atoms with Crippen LogP contribution in [0.3, 0.4) is 0 Å². The van der Waals surface area contributed by atoms with Crippen LogP contribution in [0.1, 0.15) is 6.42 Å². The molecule has 0 aromatic rings. The predicted molar refractivity (Wildman–Crippen MR) is 65.5 cm³/mol. The lowest BCUT2D eigenvalue weighted by atomic mass is 10.4. The van der Waals surface area contributed by atoms with E-state index in [0.29, 0.717) is 0 Å². The van der Waals surface area contributed by atoms with Crippen LogP contribution in [0.25, 0.3) is 0 Å². The van der Waals surface area contributed by atoms with Gasteiger partial charge in [-0.05, 0) is 12.5 Å². The quantitative estimate of drug-likeness (QED) is 0.343. The number of nitrogens with zero attached hydrogens (tertiary/aromatic N) is 2. The number of rotatable bonds is 8. The number of aliphatic imine (C=N–C) groups is 1. The first-order valence-corrected chi connectivity index (χ1v) is 7.66. The molecule has 5 heteroatoms. The van der Waals surface area contributed by atoms with Gasteiger partial charge in [0.15, 0.2) is 6.29 Å². The highest BCUT2D eigenvalue weighted by molar-refractivity contribution is 6.35. The molecular formula is C10H22N2O2Si. The number of methoxy groups -OCH3 is 2. The Labute approximate surface area is 94.5 Å². The van der Waals surface area contributed by atoms with Crippen LogP contribution in [0.15, 0.2) is 4.99 Å². The summed E-state index contributed by atoms with van der Waals surface area (Å²) in [6.45, 7) is 3.26. The second-order valence-corrected chi connectivity index (χ2v) is 5.80. The average molecular weight is 230 g/mol. The summed E-state index contributed by atoms with van der Waals surface area (Å²) in [6.07, 6.45) is 3.30. The SMILES string of the molecule is COC(C[SiH2]CCCN1C=NCC1)OC. The van der Waals surface area contributed by atoms with E-state index in [1.165, 1.54) is 19.0 Å². The van der Waals surface area contributed by atoms with Crippen molar-refractivity contribution in [3.8, 4) is 0 Å². The second kappa shape index (κ2) is 7.84. The third kappa shape index (κ3) is 5.29. The van der Waals surface area contributed by atoms with Gasteiger partial charge in [0, 0.05) is 36.8 Å². The van der Waals surface area contributed by atoms with Gasteiger partial charge in [0.2, 0.25) is 0 Å². The Balaban J connectivity index is 1.90. The Kier molecular flexibility index (Phi) is 6.63. The van der Waals surface area contributed by atoms with Crippen molar-refractivity contribution in [3.63, 3.8) is 0 Å². The summed E-state index contributed by atoms with van der Waals surface area (Å²) in [6, 6.07) is 2.49. The van der Waals surface area contributed by atoms with E-state index >= 15 is 0 Å². The predicted octanol–water partition coefficient (Wildman–Crippen LogP) is 0.345. The average Bonchev–Trinajstić information content (AvgIpc) is 2.76. The molecule has 0 radical (unpaired) electrons. The van der Waals surface area contributed by atoms with Gasteiger partial charge in [-0.2, -0.15) is 0 Å². The van der Waals surface area contributed by atoms with Crippen LogP contribution >= 0.6 is 0 Å². The van der Waals surface area contributed by atoms with Gasteiger partial charge in [0.1, 0.15) is 0 Å². The standard InChI is InChI=1S/C10H22N2O2Si/c1-13-10(14-2)8-15-7-3-5-12-6-4-11-9-12/h9-10H,3-8,15H2,1-2H3. The first-order valence-electron chi connectivity index (χ1n) is 5.66. The van der Waals surface area contributed by atoms with Gasteiger partial charge in [-0.15, -0.1) is 0 Å². The molecule has 0 amide bonds. The molecule has 0 atom stereocenters. The topological polar surface area (TPSA) is 34.1 Å². The molecule has 4 nitrogen and oxygen atoms in total. The largest absolute Gasteiger partial charge is 0.361 e. The van der Waals surface area contributed by atoms with E-state index in [0.717, 1.165) is 19.1 Å². The summed E-state index contributed by atoms with van der Waals surface area (Å²) >= 11 is 0. The Morgan fingerprint density at radius 1 is 1.47 bits per heavy atom. The van der Waals surface area contributed by atoms with Gasteiger partial charge in [0.25, 0.3) is 0 Å². The maximum Gasteiger partial charge on any atom is 0.153 e. The summed E-state index contributed by atoms with van der Waals surface area (Å²) in [5.74, 6) is 0. The molecule has 0 aromatic heterocycles. The molecule has 0 unspecified atom stereocenters. The highest BCUT2D eigenvalue weighted by Gasteiger charge is 2.06. The van der Waals surface area contributed by atoms with Crippen molar-refractivity contribution in [2.24, 2.45) is 4.99 Å². The Morgan fingerprint density at radius 3 is 2.87 bits per heavy atom. The maximum absolute atomic E-state index is 5.16. The van der Waals surface area contributed by atoms with Crippen LogP contribution in [0, 0.1) is 0 Å². The van der Waals surface area contributed by atoms with E-state index in [1.807, 2.05) is 6.34 Å². The zero-order chi connectivity index (χ0) is 10.9. The number of ether oxygens (including phenoxy) is 2. The van der Waals surface area contributed by atoms with Gasteiger partial charge >= 0.3 is 0 Å². The van der Waals surface area contributed by atoms with Crippen molar-refractivity contribution in [1.29, 1.82) is 0 Å². The Morgan fingerprint density at radius 2 is 2.27 bits per heavy atom. The van der Waals surface area contributed by atoms with Gasteiger partial charge in [-0.1, -0.05) is 6.04 Å². The van der Waals surface area contributed by atoms with Crippen LogP contribution < -0.4 is 0 Å². The van der Waals surface area contributed by atoms with Gasteiger partial charge in [0.05, 0.1) is 12.9 Å². The fourth-order valence-electron chi connectivity index (χ4n) is 1.72. The minimum absolute atomic E-state index is 0.0171. The van der Waals surface area contributed by atoms with E-state index in [4.69, 9.17) is 9.47 Å². The Bertz CT molecular complexity index is 186. The molecule has 0 aromatic carbocycles. The normalized spacial score (nSPS) is 16.3. The van der Waals surface area contributed by atoms with Crippen molar-refractivity contribution < 1.29 is 9.47 Å². The monoisotopic (exact) mass is 230 g/mol. The van der Waals surface area contributed by atoms with Gasteiger partial charge in [-0.3, -0.25) is 4.99 Å². The van der Waals surface area contributed by atoms with Crippen LogP contribution in [0.5, 0.6) is 0 Å². The highest BCUT2D eigenvalue weighted by atomic mass is 28.2. The van der Waals surface area contributed by atoms with E-state index in [1.54, 1.807) is 14.2 Å². The van der Waals surface area contributed by atoms with Crippen molar-refractivity contribution in [2.75, 3.05) is 33.9 Å². The molecule has 0 saturated carbocycles. The molecule has 1 heterocycles. The fraction of sp³-hybridized carbons (Fsp3) is 0.900. The molecule has 15 heavy (non-hydrogen) atoms. The number of hydrogen-bond donors (Lipinski definition) is 0. The van der Waals surface area contributed by atoms with E-state index in [9.17, 15) is 0 Å². The van der Waals surface area contributed by atoms with Crippen LogP contribution in [0.4, 0.5) is 0 Å². The molecule has 0 N–H and O–H groups in total. The minimum Gasteiger partial charge on any atom is -0.361 e. The molecule has 0 spiro atoms. The molecule has 0 fully saturated rings. The fourth-order valence-corrected chi connectivity index (χ4v) is 3.39. The van der Waals surface area contributed by atoms with Gasteiger partial charge in [-0.25, -0.2) is 0 Å². The smallest absolute Gasteiger partial charge is 0.153 e. The molecule has 1 rings (SSSR count). The molecule has 0 aliphatic carbocycles. The molecule has 1 aliphatic heterocycles. The summed E-state index contributed by atoms with van der Waals surface area (Å²) < 4.78 is 10.3. The highest BCUT2D eigenvalue weighted by Crippen LogP contribution is 2.03. The zero-order valence-electron chi connectivity index (χ0n) is 9.82. The number of hydrogen-bond acceptors (Lipinski definition) is 4. The summed E-state index contributed by atoms with van der Waals surface area (Å²) in [5.41, 5.74) is 0. The van der Waals surface area contributed by atoms with E-state index < -0.39 is 0 Å². The second-order valence-electron chi connectivity index (χ2n) is 3.81. The van der Waals surface area contributed by atoms with Crippen molar-refractivity contribution in [3.05, 3.63) is 0 Å². The van der Waals surface area contributed by atoms with E-state index in [2.05, 4.69) is 9.89 Å². The molecule has 0 saturated heterocycles. The molecular weight excluding hydrogens is 208 g/mol. The maximum atomic E-state index is 5.16. The summed E-state index contributed by atoms with van der Waals surface area (Å²) in [4.78, 5) is 6.49. The first kappa shape index (κ1) is 12.7. The van der Waals surface area contributed by atoms with Crippen molar-refractivity contribution in [2.45, 2.75) is 24.8 Å². The van der Waals surface area contributed by atoms with Crippen LogP contribution in [0.2, 0.25) is 12.1 Å². The first-order chi connectivity index (χ1) is 7.36. The third-order valence-corrected chi connectivity index (χ3v) is 4.55. The minimum atomic E-state index is -0.0171. The molecule has 88 valence electrons. The van der Waals surface area contributed by atoms with Crippen LogP contribution in [-0.2, 0) is 9.47 Å². The van der Waals surface area contributed by atoms with Gasteiger partial charge < -0.3 is 14.4 Å². The van der Waals surface area contributed by atoms with E-state index in [-0.39, 0.29) is 15.8 Å². The summed E-state index contributed by atoms with van der Waals surface area (Å²) in [7, 11) is 3.41. The lowest BCUT2D eigenvalue weighted by Gasteiger charge is -2.14. The lowest BCUT2D eigenvalue weighted by molar-refractivity contribution is -0.0876. The molecule has 1 aliphatic rings. The Hall–Kier alpha value is -0.393. The van der Waals surface area contributed by atoms with Crippen molar-refractivity contribution in [1.82, 2.24) is 4.90 Å². The van der Waals surface area contributed by atoms with Crippen LogP contribution in [-0.4, -0.2) is 60.9 Å². The zero-order valence-corrected chi connectivity index (χ0v) is 11.2. The van der Waals surface area contributed by atoms with Crippen molar-refractivity contribution >= 4 is 15.9 Å². The summed E-state index contributed by atoms with van der Waals surface area (Å²) in [5, 5.41) is 0. The third-order valence-electron chi connectivity index (χ3n) is 2.67.